The summed E-state index contributed by atoms with van der Waals surface area (Å²) in [7, 11) is 1.67. The number of ether oxygens (including phenoxy) is 3. The molecule has 0 saturated heterocycles. The van der Waals surface area contributed by atoms with Gasteiger partial charge in [-0.1, -0.05) is 22.9 Å². The maximum absolute atomic E-state index is 5.69. The van der Waals surface area contributed by atoms with Gasteiger partial charge in [0.2, 0.25) is 0 Å². The number of methoxy groups -OCH3 is 1. The van der Waals surface area contributed by atoms with Gasteiger partial charge >= 0.3 is 0 Å². The highest BCUT2D eigenvalue weighted by atomic mass is 79.9. The molecule has 0 heterocycles. The van der Waals surface area contributed by atoms with E-state index in [4.69, 9.17) is 14.2 Å². The van der Waals surface area contributed by atoms with Crippen LogP contribution in [0.3, 0.4) is 0 Å². The molecular weight excluding hydrogens is 334 g/mol. The average Bonchev–Trinajstić information content (AvgIpc) is 2.50. The summed E-state index contributed by atoms with van der Waals surface area (Å²) in [6.45, 7) is 8.10. The Balaban J connectivity index is 2.54. The summed E-state index contributed by atoms with van der Waals surface area (Å²) in [5.41, 5.74) is 1.16. The second-order valence-corrected chi connectivity index (χ2v) is 5.52. The standard InChI is InChI=1S/C16H26BrNO3/c1-4-8-21-16-11-14(17)13(10-15(16)19-3)12-18-7-6-9-20-5-2/h10-11,18H,4-9,12H2,1-3H3. The van der Waals surface area contributed by atoms with Gasteiger partial charge in [-0.2, -0.15) is 0 Å². The van der Waals surface area contributed by atoms with Gasteiger partial charge in [-0.3, -0.25) is 0 Å². The Labute approximate surface area is 136 Å². The molecule has 0 aliphatic heterocycles. The highest BCUT2D eigenvalue weighted by Gasteiger charge is 2.10. The number of halogens is 1. The summed E-state index contributed by atoms with van der Waals surface area (Å²) in [5.74, 6) is 1.56. The fourth-order valence-corrected chi connectivity index (χ4v) is 2.33. The van der Waals surface area contributed by atoms with Crippen LogP contribution in [0.5, 0.6) is 11.5 Å². The summed E-state index contributed by atoms with van der Waals surface area (Å²) in [4.78, 5) is 0. The second-order valence-electron chi connectivity index (χ2n) is 4.67. The lowest BCUT2D eigenvalue weighted by atomic mass is 10.2. The zero-order valence-corrected chi connectivity index (χ0v) is 14.8. The maximum atomic E-state index is 5.69. The minimum atomic E-state index is 0.692. The van der Waals surface area contributed by atoms with Crippen molar-refractivity contribution in [1.29, 1.82) is 0 Å². The van der Waals surface area contributed by atoms with Crippen molar-refractivity contribution in [2.45, 2.75) is 33.2 Å². The van der Waals surface area contributed by atoms with Crippen LogP contribution in [0.1, 0.15) is 32.3 Å². The Morgan fingerprint density at radius 1 is 1.14 bits per heavy atom. The van der Waals surface area contributed by atoms with Crippen LogP contribution in [0.15, 0.2) is 16.6 Å². The van der Waals surface area contributed by atoms with E-state index >= 15 is 0 Å². The molecule has 1 aromatic carbocycles. The molecule has 0 amide bonds. The largest absolute Gasteiger partial charge is 0.493 e. The molecule has 0 fully saturated rings. The first-order valence-electron chi connectivity index (χ1n) is 7.50. The lowest BCUT2D eigenvalue weighted by Gasteiger charge is -2.14. The minimum absolute atomic E-state index is 0.692. The molecule has 0 spiro atoms. The van der Waals surface area contributed by atoms with E-state index in [0.29, 0.717) is 6.61 Å². The number of hydrogen-bond acceptors (Lipinski definition) is 4. The number of rotatable bonds is 11. The minimum Gasteiger partial charge on any atom is -0.493 e. The maximum Gasteiger partial charge on any atom is 0.162 e. The molecule has 0 aliphatic rings. The van der Waals surface area contributed by atoms with Gasteiger partial charge in [-0.25, -0.2) is 0 Å². The van der Waals surface area contributed by atoms with Crippen molar-refractivity contribution in [2.75, 3.05) is 33.5 Å². The Hall–Kier alpha value is -0.780. The SMILES string of the molecule is CCCOc1cc(Br)c(CNCCCOCC)cc1OC. The molecule has 5 heteroatoms. The number of hydrogen-bond donors (Lipinski definition) is 1. The predicted octanol–water partition coefficient (Wildman–Crippen LogP) is 3.76. The van der Waals surface area contributed by atoms with E-state index in [9.17, 15) is 0 Å². The van der Waals surface area contributed by atoms with Crippen molar-refractivity contribution in [3.63, 3.8) is 0 Å². The smallest absolute Gasteiger partial charge is 0.162 e. The third-order valence-corrected chi connectivity index (χ3v) is 3.69. The second kappa shape index (κ2) is 10.9. The molecule has 21 heavy (non-hydrogen) atoms. The van der Waals surface area contributed by atoms with Crippen molar-refractivity contribution in [3.05, 3.63) is 22.2 Å². The summed E-state index contributed by atoms with van der Waals surface area (Å²) in [6, 6.07) is 4.00. The van der Waals surface area contributed by atoms with Gasteiger partial charge in [0.15, 0.2) is 11.5 Å². The van der Waals surface area contributed by atoms with E-state index in [1.54, 1.807) is 7.11 Å². The third kappa shape index (κ3) is 6.68. The van der Waals surface area contributed by atoms with Gasteiger partial charge in [0.1, 0.15) is 0 Å². The molecule has 0 aliphatic carbocycles. The summed E-state index contributed by atoms with van der Waals surface area (Å²) in [5, 5.41) is 3.41. The van der Waals surface area contributed by atoms with E-state index in [1.165, 1.54) is 0 Å². The van der Waals surface area contributed by atoms with Gasteiger partial charge in [-0.15, -0.1) is 0 Å². The van der Waals surface area contributed by atoms with Crippen LogP contribution in [0.2, 0.25) is 0 Å². The van der Waals surface area contributed by atoms with Crippen molar-refractivity contribution in [1.82, 2.24) is 5.32 Å². The van der Waals surface area contributed by atoms with Crippen molar-refractivity contribution >= 4 is 15.9 Å². The normalized spacial score (nSPS) is 10.7. The zero-order chi connectivity index (χ0) is 15.5. The van der Waals surface area contributed by atoms with Gasteiger partial charge in [-0.05, 0) is 44.0 Å². The van der Waals surface area contributed by atoms with Gasteiger partial charge in [0.25, 0.3) is 0 Å². The molecular formula is C16H26BrNO3. The van der Waals surface area contributed by atoms with E-state index < -0.39 is 0 Å². The Bertz CT molecular complexity index is 413. The number of benzene rings is 1. The molecule has 1 N–H and O–H groups in total. The molecule has 0 saturated carbocycles. The van der Waals surface area contributed by atoms with Crippen LogP contribution in [-0.2, 0) is 11.3 Å². The first kappa shape index (κ1) is 18.3. The highest BCUT2D eigenvalue weighted by Crippen LogP contribution is 2.33. The lowest BCUT2D eigenvalue weighted by molar-refractivity contribution is 0.144. The van der Waals surface area contributed by atoms with Crippen LogP contribution in [0, 0.1) is 0 Å². The molecule has 120 valence electrons. The van der Waals surface area contributed by atoms with Crippen LogP contribution in [0.4, 0.5) is 0 Å². The quantitative estimate of drug-likeness (QED) is 0.610. The zero-order valence-electron chi connectivity index (χ0n) is 13.2. The fraction of sp³-hybridized carbons (Fsp3) is 0.625. The Morgan fingerprint density at radius 2 is 1.95 bits per heavy atom. The topological polar surface area (TPSA) is 39.7 Å². The molecule has 0 aromatic heterocycles. The molecule has 0 unspecified atom stereocenters. The van der Waals surface area contributed by atoms with Crippen LogP contribution < -0.4 is 14.8 Å². The molecule has 1 aromatic rings. The van der Waals surface area contributed by atoms with Crippen molar-refractivity contribution in [2.24, 2.45) is 0 Å². The van der Waals surface area contributed by atoms with E-state index in [1.807, 2.05) is 19.1 Å². The van der Waals surface area contributed by atoms with Crippen molar-refractivity contribution < 1.29 is 14.2 Å². The molecule has 0 bridgehead atoms. The van der Waals surface area contributed by atoms with E-state index in [0.717, 1.165) is 60.7 Å². The first-order chi connectivity index (χ1) is 10.2. The van der Waals surface area contributed by atoms with E-state index in [2.05, 4.69) is 28.2 Å². The van der Waals surface area contributed by atoms with E-state index in [-0.39, 0.29) is 0 Å². The van der Waals surface area contributed by atoms with Crippen LogP contribution >= 0.6 is 15.9 Å². The van der Waals surface area contributed by atoms with Gasteiger partial charge in [0, 0.05) is 24.2 Å². The predicted molar refractivity (Wildman–Crippen MR) is 89.3 cm³/mol. The van der Waals surface area contributed by atoms with Crippen LogP contribution in [0.25, 0.3) is 0 Å². The van der Waals surface area contributed by atoms with Crippen LogP contribution in [-0.4, -0.2) is 33.5 Å². The summed E-state index contributed by atoms with van der Waals surface area (Å²) >= 11 is 3.60. The highest BCUT2D eigenvalue weighted by molar-refractivity contribution is 9.10. The molecule has 1 rings (SSSR count). The third-order valence-electron chi connectivity index (χ3n) is 2.96. The molecule has 4 nitrogen and oxygen atoms in total. The van der Waals surface area contributed by atoms with Gasteiger partial charge in [0.05, 0.1) is 13.7 Å². The fourth-order valence-electron chi connectivity index (χ4n) is 1.86. The van der Waals surface area contributed by atoms with Crippen molar-refractivity contribution in [3.8, 4) is 11.5 Å². The van der Waals surface area contributed by atoms with Gasteiger partial charge < -0.3 is 19.5 Å². The average molecular weight is 360 g/mol. The monoisotopic (exact) mass is 359 g/mol. The molecule has 0 radical (unpaired) electrons. The lowest BCUT2D eigenvalue weighted by Crippen LogP contribution is -2.16. The number of nitrogens with one attached hydrogen (secondary N) is 1. The summed E-state index contributed by atoms with van der Waals surface area (Å²) in [6.07, 6.45) is 1.99. The Morgan fingerprint density at radius 3 is 2.62 bits per heavy atom. The Kier molecular flexibility index (Phi) is 9.46. The molecule has 0 atom stereocenters. The first-order valence-corrected chi connectivity index (χ1v) is 8.29. The summed E-state index contributed by atoms with van der Waals surface area (Å²) < 4.78 is 17.4.